The molecular formula is C14H23N3O2. The highest BCUT2D eigenvalue weighted by atomic mass is 16.5. The Morgan fingerprint density at radius 2 is 2.16 bits per heavy atom. The van der Waals surface area contributed by atoms with Gasteiger partial charge in [-0.25, -0.2) is 9.78 Å². The summed E-state index contributed by atoms with van der Waals surface area (Å²) in [5, 5.41) is 0. The quantitative estimate of drug-likeness (QED) is 0.799. The van der Waals surface area contributed by atoms with E-state index in [1.807, 2.05) is 6.92 Å². The van der Waals surface area contributed by atoms with Gasteiger partial charge in [0, 0.05) is 13.1 Å². The van der Waals surface area contributed by atoms with E-state index < -0.39 is 0 Å². The summed E-state index contributed by atoms with van der Waals surface area (Å²) in [7, 11) is 0. The number of ether oxygens (including phenoxy) is 1. The van der Waals surface area contributed by atoms with Crippen LogP contribution in [0.1, 0.15) is 38.1 Å². The molecule has 0 spiro atoms. The van der Waals surface area contributed by atoms with E-state index in [1.54, 1.807) is 19.2 Å². The van der Waals surface area contributed by atoms with Gasteiger partial charge in [-0.05, 0) is 25.8 Å². The Morgan fingerprint density at radius 3 is 2.68 bits per heavy atom. The fourth-order valence-corrected chi connectivity index (χ4v) is 1.93. The highest BCUT2D eigenvalue weighted by Crippen LogP contribution is 2.23. The number of nitrogen functional groups attached to an aromatic ring is 1. The average molecular weight is 265 g/mol. The van der Waals surface area contributed by atoms with E-state index >= 15 is 0 Å². The van der Waals surface area contributed by atoms with Crippen molar-refractivity contribution in [3.05, 3.63) is 17.8 Å². The van der Waals surface area contributed by atoms with E-state index in [0.29, 0.717) is 23.9 Å². The maximum absolute atomic E-state index is 12.0. The molecule has 1 aromatic heterocycles. The maximum atomic E-state index is 12.0. The number of carbonyl (C=O) groups is 1. The van der Waals surface area contributed by atoms with Crippen molar-refractivity contribution in [2.75, 3.05) is 30.3 Å². The molecule has 2 N–H and O–H groups in total. The number of hydrogen-bond donors (Lipinski definition) is 1. The van der Waals surface area contributed by atoms with E-state index in [1.165, 1.54) is 0 Å². The SMILES string of the molecule is CCOC(=O)c1cc(N)ncc1N(CC)CC(C)C. The molecule has 19 heavy (non-hydrogen) atoms. The number of anilines is 2. The van der Waals surface area contributed by atoms with Crippen LogP contribution < -0.4 is 10.6 Å². The zero-order valence-corrected chi connectivity index (χ0v) is 12.1. The molecule has 5 nitrogen and oxygen atoms in total. The molecule has 1 aromatic rings. The molecule has 106 valence electrons. The Labute approximate surface area is 114 Å². The van der Waals surface area contributed by atoms with Crippen molar-refractivity contribution in [1.29, 1.82) is 0 Å². The summed E-state index contributed by atoms with van der Waals surface area (Å²) in [4.78, 5) is 18.2. The molecule has 0 radical (unpaired) electrons. The lowest BCUT2D eigenvalue weighted by Crippen LogP contribution is -2.29. The lowest BCUT2D eigenvalue weighted by Gasteiger charge is -2.26. The molecule has 0 atom stereocenters. The first-order valence-corrected chi connectivity index (χ1v) is 6.67. The van der Waals surface area contributed by atoms with Crippen LogP contribution in [0.5, 0.6) is 0 Å². The second-order valence-electron chi connectivity index (χ2n) is 4.78. The Balaban J connectivity index is 3.13. The number of rotatable bonds is 6. The van der Waals surface area contributed by atoms with Gasteiger partial charge in [0.15, 0.2) is 0 Å². The third-order valence-electron chi connectivity index (χ3n) is 2.71. The first-order chi connectivity index (χ1) is 8.99. The summed E-state index contributed by atoms with van der Waals surface area (Å²) in [6, 6.07) is 1.58. The lowest BCUT2D eigenvalue weighted by atomic mass is 10.1. The van der Waals surface area contributed by atoms with Gasteiger partial charge in [-0.15, -0.1) is 0 Å². The number of hydrogen-bond acceptors (Lipinski definition) is 5. The summed E-state index contributed by atoms with van der Waals surface area (Å²) in [6.07, 6.45) is 1.65. The molecule has 1 heterocycles. The van der Waals surface area contributed by atoms with Gasteiger partial charge in [-0.1, -0.05) is 13.8 Å². The maximum Gasteiger partial charge on any atom is 0.340 e. The van der Waals surface area contributed by atoms with Gasteiger partial charge >= 0.3 is 5.97 Å². The molecule has 1 rings (SSSR count). The fourth-order valence-electron chi connectivity index (χ4n) is 1.93. The van der Waals surface area contributed by atoms with Gasteiger partial charge in [0.25, 0.3) is 0 Å². The summed E-state index contributed by atoms with van der Waals surface area (Å²) < 4.78 is 5.07. The highest BCUT2D eigenvalue weighted by Gasteiger charge is 2.18. The van der Waals surface area contributed by atoms with E-state index in [-0.39, 0.29) is 5.97 Å². The Hall–Kier alpha value is -1.78. The predicted molar refractivity (Wildman–Crippen MR) is 77.3 cm³/mol. The minimum Gasteiger partial charge on any atom is -0.462 e. The van der Waals surface area contributed by atoms with E-state index in [4.69, 9.17) is 10.5 Å². The van der Waals surface area contributed by atoms with Crippen LogP contribution in [0.25, 0.3) is 0 Å². The highest BCUT2D eigenvalue weighted by molar-refractivity contribution is 5.96. The molecule has 0 saturated heterocycles. The first-order valence-electron chi connectivity index (χ1n) is 6.67. The number of aromatic nitrogens is 1. The van der Waals surface area contributed by atoms with Crippen LogP contribution in [0.15, 0.2) is 12.3 Å². The number of pyridine rings is 1. The molecule has 0 amide bonds. The largest absolute Gasteiger partial charge is 0.462 e. The minimum atomic E-state index is -0.353. The van der Waals surface area contributed by atoms with Crippen LogP contribution in [0, 0.1) is 5.92 Å². The second kappa shape index (κ2) is 6.97. The van der Waals surface area contributed by atoms with Crippen LogP contribution in [-0.2, 0) is 4.74 Å². The van der Waals surface area contributed by atoms with Gasteiger partial charge in [-0.2, -0.15) is 0 Å². The summed E-state index contributed by atoms with van der Waals surface area (Å²) in [5.41, 5.74) is 6.93. The predicted octanol–water partition coefficient (Wildman–Crippen LogP) is 2.32. The second-order valence-corrected chi connectivity index (χ2v) is 4.78. The molecule has 0 fully saturated rings. The molecule has 0 aliphatic carbocycles. The van der Waals surface area contributed by atoms with Crippen LogP contribution in [0.3, 0.4) is 0 Å². The van der Waals surface area contributed by atoms with E-state index in [0.717, 1.165) is 18.8 Å². The molecule has 5 heteroatoms. The standard InChI is InChI=1S/C14H23N3O2/c1-5-17(9-10(3)4)12-8-16-13(15)7-11(12)14(18)19-6-2/h7-8,10H,5-6,9H2,1-4H3,(H2,15,16). The Morgan fingerprint density at radius 1 is 1.47 bits per heavy atom. The van der Waals surface area contributed by atoms with Crippen molar-refractivity contribution in [1.82, 2.24) is 4.98 Å². The van der Waals surface area contributed by atoms with Crippen LogP contribution in [0.4, 0.5) is 11.5 Å². The van der Waals surface area contributed by atoms with Gasteiger partial charge < -0.3 is 15.4 Å². The summed E-state index contributed by atoms with van der Waals surface area (Å²) in [5.74, 6) is 0.466. The molecule has 0 saturated carbocycles. The molecule has 0 bridgehead atoms. The Bertz CT molecular complexity index is 433. The van der Waals surface area contributed by atoms with Crippen LogP contribution in [-0.4, -0.2) is 30.6 Å². The van der Waals surface area contributed by atoms with Crippen molar-refractivity contribution in [3.8, 4) is 0 Å². The first kappa shape index (κ1) is 15.3. The topological polar surface area (TPSA) is 68.5 Å². The zero-order chi connectivity index (χ0) is 14.4. The average Bonchev–Trinajstić information content (AvgIpc) is 2.36. The van der Waals surface area contributed by atoms with Gasteiger partial charge in [0.2, 0.25) is 0 Å². The fraction of sp³-hybridized carbons (Fsp3) is 0.571. The third kappa shape index (κ3) is 4.12. The summed E-state index contributed by atoms with van der Waals surface area (Å²) >= 11 is 0. The van der Waals surface area contributed by atoms with Crippen molar-refractivity contribution in [3.63, 3.8) is 0 Å². The number of esters is 1. The molecular weight excluding hydrogens is 242 g/mol. The molecule has 0 unspecified atom stereocenters. The molecule has 0 aromatic carbocycles. The zero-order valence-electron chi connectivity index (χ0n) is 12.1. The van der Waals surface area contributed by atoms with Crippen molar-refractivity contribution in [2.24, 2.45) is 5.92 Å². The number of carbonyl (C=O) groups excluding carboxylic acids is 1. The van der Waals surface area contributed by atoms with Crippen molar-refractivity contribution >= 4 is 17.5 Å². The lowest BCUT2D eigenvalue weighted by molar-refractivity contribution is 0.0527. The molecule has 0 aliphatic heterocycles. The van der Waals surface area contributed by atoms with Gasteiger partial charge in [0.1, 0.15) is 5.82 Å². The molecule has 0 aliphatic rings. The summed E-state index contributed by atoms with van der Waals surface area (Å²) in [6.45, 7) is 10.1. The normalized spacial score (nSPS) is 10.6. The number of nitrogens with two attached hydrogens (primary N) is 1. The van der Waals surface area contributed by atoms with Gasteiger partial charge in [-0.3, -0.25) is 0 Å². The van der Waals surface area contributed by atoms with E-state index in [9.17, 15) is 4.79 Å². The third-order valence-corrected chi connectivity index (χ3v) is 2.71. The van der Waals surface area contributed by atoms with E-state index in [2.05, 4.69) is 23.7 Å². The minimum absolute atomic E-state index is 0.326. The van der Waals surface area contributed by atoms with Crippen LogP contribution in [0.2, 0.25) is 0 Å². The monoisotopic (exact) mass is 265 g/mol. The Kier molecular flexibility index (Phi) is 5.60. The van der Waals surface area contributed by atoms with Crippen molar-refractivity contribution in [2.45, 2.75) is 27.7 Å². The van der Waals surface area contributed by atoms with Crippen LogP contribution >= 0.6 is 0 Å². The number of nitrogens with zero attached hydrogens (tertiary/aromatic N) is 2. The van der Waals surface area contributed by atoms with Crippen molar-refractivity contribution < 1.29 is 9.53 Å². The van der Waals surface area contributed by atoms with Gasteiger partial charge in [0.05, 0.1) is 24.1 Å². The smallest absolute Gasteiger partial charge is 0.340 e.